The molecule has 0 aliphatic heterocycles. The molecule has 0 bridgehead atoms. The van der Waals surface area contributed by atoms with Crippen LogP contribution in [0.4, 0.5) is 4.39 Å². The number of rotatable bonds is 6. The summed E-state index contributed by atoms with van der Waals surface area (Å²) in [7, 11) is 0. The molecule has 4 heteroatoms. The molecule has 0 fully saturated rings. The van der Waals surface area contributed by atoms with Crippen molar-refractivity contribution in [3.63, 3.8) is 0 Å². The minimum absolute atomic E-state index is 0.267. The summed E-state index contributed by atoms with van der Waals surface area (Å²) in [6.45, 7) is 1.22. The lowest BCUT2D eigenvalue weighted by atomic mass is 10.2. The predicted molar refractivity (Wildman–Crippen MR) is 77.5 cm³/mol. The summed E-state index contributed by atoms with van der Waals surface area (Å²) < 4.78 is 11.1. The molecule has 0 aliphatic carbocycles. The topological polar surface area (TPSA) is 59.1 Å². The van der Waals surface area contributed by atoms with Crippen LogP contribution in [0.1, 0.15) is 18.9 Å². The van der Waals surface area contributed by atoms with Crippen LogP contribution < -0.4 is 5.73 Å². The SMILES string of the molecule is CC/C=C\C=C/Cc1ccncc1.NC(CO)CF. The smallest absolute Gasteiger partial charge is 0.107 e. The summed E-state index contributed by atoms with van der Waals surface area (Å²) in [5, 5.41) is 7.97. The zero-order valence-corrected chi connectivity index (χ0v) is 11.4. The van der Waals surface area contributed by atoms with E-state index in [2.05, 4.69) is 36.2 Å². The third-order valence-electron chi connectivity index (χ3n) is 2.15. The van der Waals surface area contributed by atoms with E-state index >= 15 is 0 Å². The summed E-state index contributed by atoms with van der Waals surface area (Å²) in [5.74, 6) is 0. The molecular formula is C15H23FN2O. The second-order valence-electron chi connectivity index (χ2n) is 3.92. The second-order valence-corrected chi connectivity index (χ2v) is 3.92. The fourth-order valence-corrected chi connectivity index (χ4v) is 1.07. The van der Waals surface area contributed by atoms with Gasteiger partial charge in [-0.2, -0.15) is 0 Å². The van der Waals surface area contributed by atoms with E-state index < -0.39 is 12.7 Å². The van der Waals surface area contributed by atoms with E-state index in [1.165, 1.54) is 5.56 Å². The predicted octanol–water partition coefficient (Wildman–Crippen LogP) is 2.42. The number of aliphatic hydroxyl groups excluding tert-OH is 1. The molecule has 19 heavy (non-hydrogen) atoms. The molecule has 1 aromatic heterocycles. The van der Waals surface area contributed by atoms with E-state index in [0.717, 1.165) is 12.8 Å². The highest BCUT2D eigenvalue weighted by Crippen LogP contribution is 1.98. The number of hydrogen-bond acceptors (Lipinski definition) is 3. The van der Waals surface area contributed by atoms with Crippen LogP contribution in [0.2, 0.25) is 0 Å². The van der Waals surface area contributed by atoms with Crippen LogP contribution in [0.25, 0.3) is 0 Å². The van der Waals surface area contributed by atoms with Crippen LogP contribution >= 0.6 is 0 Å². The minimum Gasteiger partial charge on any atom is -0.395 e. The highest BCUT2D eigenvalue weighted by Gasteiger charge is 1.93. The number of hydrogen-bond donors (Lipinski definition) is 2. The lowest BCUT2D eigenvalue weighted by Gasteiger charge is -1.96. The summed E-state index contributed by atoms with van der Waals surface area (Å²) in [6, 6.07) is 3.40. The van der Waals surface area contributed by atoms with Gasteiger partial charge in [-0.15, -0.1) is 0 Å². The van der Waals surface area contributed by atoms with E-state index in [-0.39, 0.29) is 6.61 Å². The molecule has 0 aliphatic rings. The molecular weight excluding hydrogens is 243 g/mol. The number of nitrogens with two attached hydrogens (primary N) is 1. The molecule has 106 valence electrons. The fourth-order valence-electron chi connectivity index (χ4n) is 1.07. The van der Waals surface area contributed by atoms with Crippen molar-refractivity contribution >= 4 is 0 Å². The van der Waals surface area contributed by atoms with Crippen molar-refractivity contribution in [1.82, 2.24) is 4.98 Å². The maximum atomic E-state index is 11.1. The van der Waals surface area contributed by atoms with Gasteiger partial charge in [0.2, 0.25) is 0 Å². The molecule has 0 saturated heterocycles. The zero-order valence-electron chi connectivity index (χ0n) is 11.4. The summed E-state index contributed by atoms with van der Waals surface area (Å²) in [5.41, 5.74) is 6.15. The van der Waals surface area contributed by atoms with Gasteiger partial charge in [0.15, 0.2) is 0 Å². The van der Waals surface area contributed by atoms with Crippen LogP contribution in [0.15, 0.2) is 48.8 Å². The average Bonchev–Trinajstić information content (AvgIpc) is 2.48. The van der Waals surface area contributed by atoms with Crippen molar-refractivity contribution in [1.29, 1.82) is 0 Å². The van der Waals surface area contributed by atoms with Gasteiger partial charge in [0.05, 0.1) is 12.6 Å². The van der Waals surface area contributed by atoms with E-state index in [0.29, 0.717) is 0 Å². The highest BCUT2D eigenvalue weighted by molar-refractivity contribution is 5.15. The van der Waals surface area contributed by atoms with Crippen LogP contribution in [0, 0.1) is 0 Å². The van der Waals surface area contributed by atoms with Crippen LogP contribution in [0.3, 0.4) is 0 Å². The third-order valence-corrected chi connectivity index (χ3v) is 2.15. The first-order valence-corrected chi connectivity index (χ1v) is 6.37. The van der Waals surface area contributed by atoms with E-state index in [9.17, 15) is 4.39 Å². The Morgan fingerprint density at radius 3 is 2.42 bits per heavy atom. The Labute approximate surface area is 114 Å². The first-order valence-electron chi connectivity index (χ1n) is 6.37. The molecule has 3 N–H and O–H groups in total. The maximum absolute atomic E-state index is 11.1. The number of aliphatic hydroxyl groups is 1. The Kier molecular flexibility index (Phi) is 11.9. The zero-order chi connectivity index (χ0) is 14.3. The minimum atomic E-state index is -0.676. The van der Waals surface area contributed by atoms with Crippen molar-refractivity contribution < 1.29 is 9.50 Å². The molecule has 0 aromatic carbocycles. The number of aromatic nitrogens is 1. The Hall–Kier alpha value is -1.52. The molecule has 1 rings (SSSR count). The molecule has 1 atom stereocenters. The number of allylic oxidation sites excluding steroid dienone is 4. The molecule has 3 nitrogen and oxygen atoms in total. The summed E-state index contributed by atoms with van der Waals surface area (Å²) >= 11 is 0. The van der Waals surface area contributed by atoms with E-state index in [1.807, 2.05) is 24.5 Å². The number of pyridine rings is 1. The van der Waals surface area contributed by atoms with Crippen molar-refractivity contribution in [3.05, 3.63) is 54.4 Å². The largest absolute Gasteiger partial charge is 0.395 e. The lowest BCUT2D eigenvalue weighted by molar-refractivity contribution is 0.242. The van der Waals surface area contributed by atoms with Crippen molar-refractivity contribution in [2.45, 2.75) is 25.8 Å². The van der Waals surface area contributed by atoms with Gasteiger partial charge in [0.1, 0.15) is 6.67 Å². The number of halogens is 1. The Bertz CT molecular complexity index is 348. The normalized spacial score (nSPS) is 12.4. The van der Waals surface area contributed by atoms with Gasteiger partial charge < -0.3 is 10.8 Å². The van der Waals surface area contributed by atoms with Gasteiger partial charge >= 0.3 is 0 Å². The molecule has 0 amide bonds. The van der Waals surface area contributed by atoms with E-state index in [1.54, 1.807) is 0 Å². The van der Waals surface area contributed by atoms with Crippen molar-refractivity contribution in [2.75, 3.05) is 13.3 Å². The molecule has 0 radical (unpaired) electrons. The van der Waals surface area contributed by atoms with Gasteiger partial charge in [-0.3, -0.25) is 4.98 Å². The summed E-state index contributed by atoms with van der Waals surface area (Å²) in [6.07, 6.45) is 14.2. The molecule has 1 unspecified atom stereocenters. The fraction of sp³-hybridized carbons (Fsp3) is 0.400. The standard InChI is InChI=1S/C12H15N.C3H8FNO/c1-2-3-4-5-6-7-12-8-10-13-11-9-12;4-1-3(5)2-6/h3-6,8-11H,2,7H2,1H3;3,6H,1-2,5H2/b4-3-,6-5-;. The van der Waals surface area contributed by atoms with Gasteiger partial charge in [-0.1, -0.05) is 31.2 Å². The van der Waals surface area contributed by atoms with Gasteiger partial charge in [0, 0.05) is 12.4 Å². The Morgan fingerprint density at radius 1 is 1.32 bits per heavy atom. The van der Waals surface area contributed by atoms with Crippen LogP contribution in [-0.4, -0.2) is 29.4 Å². The number of nitrogens with zero attached hydrogens (tertiary/aromatic N) is 1. The average molecular weight is 266 g/mol. The quantitative estimate of drug-likeness (QED) is 0.777. The van der Waals surface area contributed by atoms with Gasteiger partial charge in [-0.05, 0) is 30.5 Å². The second kappa shape index (κ2) is 12.9. The first kappa shape index (κ1) is 17.5. The van der Waals surface area contributed by atoms with Crippen molar-refractivity contribution in [3.8, 4) is 0 Å². The summed E-state index contributed by atoms with van der Waals surface area (Å²) in [4.78, 5) is 3.96. The molecule has 1 heterocycles. The van der Waals surface area contributed by atoms with Gasteiger partial charge in [-0.25, -0.2) is 4.39 Å². The maximum Gasteiger partial charge on any atom is 0.107 e. The van der Waals surface area contributed by atoms with Crippen LogP contribution in [0.5, 0.6) is 0 Å². The van der Waals surface area contributed by atoms with Gasteiger partial charge in [0.25, 0.3) is 0 Å². The van der Waals surface area contributed by atoms with Crippen molar-refractivity contribution in [2.24, 2.45) is 5.73 Å². The van der Waals surface area contributed by atoms with E-state index in [4.69, 9.17) is 10.8 Å². The monoisotopic (exact) mass is 266 g/mol. The third kappa shape index (κ3) is 11.3. The lowest BCUT2D eigenvalue weighted by Crippen LogP contribution is -2.26. The Balaban J connectivity index is 0.000000459. The Morgan fingerprint density at radius 2 is 1.95 bits per heavy atom. The number of alkyl halides is 1. The molecule has 0 saturated carbocycles. The van der Waals surface area contributed by atoms with Crippen LogP contribution in [-0.2, 0) is 6.42 Å². The highest BCUT2D eigenvalue weighted by atomic mass is 19.1. The first-order chi connectivity index (χ1) is 9.24. The molecule has 0 spiro atoms. The molecule has 1 aromatic rings.